The van der Waals surface area contributed by atoms with Gasteiger partial charge in [-0.3, -0.25) is 10.1 Å². The van der Waals surface area contributed by atoms with E-state index in [0.717, 1.165) is 30.4 Å². The lowest BCUT2D eigenvalue weighted by Crippen LogP contribution is -2.51. The van der Waals surface area contributed by atoms with Gasteiger partial charge in [-0.25, -0.2) is 4.98 Å². The van der Waals surface area contributed by atoms with Crippen molar-refractivity contribution in [1.82, 2.24) is 14.9 Å². The summed E-state index contributed by atoms with van der Waals surface area (Å²) >= 11 is 0. The standard InChI is InChI=1S/C16H21N3O2/c1-16(15(20)21-2,18-12-7-8-12)9-10-19-11-17-13-5-3-4-6-14(13)19/h3-6,11-12,18H,7-10H2,1-2H3. The molecule has 1 saturated carbocycles. The number of hydrogen-bond acceptors (Lipinski definition) is 4. The summed E-state index contributed by atoms with van der Waals surface area (Å²) in [5.74, 6) is -0.196. The Morgan fingerprint density at radius 2 is 2.24 bits per heavy atom. The zero-order valence-electron chi connectivity index (χ0n) is 12.5. The topological polar surface area (TPSA) is 56.2 Å². The minimum atomic E-state index is -0.638. The average Bonchev–Trinajstić information content (AvgIpc) is 3.21. The third-order valence-electron chi connectivity index (χ3n) is 4.12. The number of imidazole rings is 1. The molecule has 1 atom stereocenters. The Morgan fingerprint density at radius 1 is 1.48 bits per heavy atom. The highest BCUT2D eigenvalue weighted by Crippen LogP contribution is 2.25. The number of rotatable bonds is 6. The van der Waals surface area contributed by atoms with Crippen molar-refractivity contribution < 1.29 is 9.53 Å². The van der Waals surface area contributed by atoms with Crippen molar-refractivity contribution in [2.45, 2.75) is 44.3 Å². The molecule has 1 unspecified atom stereocenters. The highest BCUT2D eigenvalue weighted by Gasteiger charge is 2.39. The van der Waals surface area contributed by atoms with Crippen LogP contribution in [-0.2, 0) is 16.1 Å². The summed E-state index contributed by atoms with van der Waals surface area (Å²) in [7, 11) is 1.45. The van der Waals surface area contributed by atoms with Gasteiger partial charge in [-0.1, -0.05) is 12.1 Å². The molecule has 0 radical (unpaired) electrons. The lowest BCUT2D eigenvalue weighted by Gasteiger charge is -2.28. The second-order valence-corrected chi connectivity index (χ2v) is 5.92. The highest BCUT2D eigenvalue weighted by atomic mass is 16.5. The minimum Gasteiger partial charge on any atom is -0.468 e. The first kappa shape index (κ1) is 14.1. The monoisotopic (exact) mass is 287 g/mol. The quantitative estimate of drug-likeness (QED) is 0.827. The molecular weight excluding hydrogens is 266 g/mol. The van der Waals surface area contributed by atoms with Gasteiger partial charge < -0.3 is 9.30 Å². The first-order chi connectivity index (χ1) is 10.1. The molecule has 5 heteroatoms. The molecule has 1 aromatic carbocycles. The van der Waals surface area contributed by atoms with Crippen molar-refractivity contribution in [1.29, 1.82) is 0 Å². The molecule has 21 heavy (non-hydrogen) atoms. The van der Waals surface area contributed by atoms with Gasteiger partial charge in [0.25, 0.3) is 0 Å². The van der Waals surface area contributed by atoms with Gasteiger partial charge in [-0.15, -0.1) is 0 Å². The van der Waals surface area contributed by atoms with Crippen LogP contribution in [0.5, 0.6) is 0 Å². The molecule has 1 aliphatic rings. The lowest BCUT2D eigenvalue weighted by molar-refractivity contribution is -0.148. The zero-order chi connectivity index (χ0) is 14.9. The summed E-state index contributed by atoms with van der Waals surface area (Å²) in [6.45, 7) is 2.65. The highest BCUT2D eigenvalue weighted by molar-refractivity contribution is 5.80. The van der Waals surface area contributed by atoms with E-state index in [2.05, 4.69) is 14.9 Å². The number of esters is 1. The molecule has 5 nitrogen and oxygen atoms in total. The molecule has 0 saturated heterocycles. The molecule has 112 valence electrons. The van der Waals surface area contributed by atoms with E-state index < -0.39 is 5.54 Å². The fraction of sp³-hybridized carbons (Fsp3) is 0.500. The fourth-order valence-electron chi connectivity index (χ4n) is 2.67. The van der Waals surface area contributed by atoms with Gasteiger partial charge in [0.05, 0.1) is 24.5 Å². The number of ether oxygens (including phenoxy) is 1. The Bertz CT molecular complexity index is 648. The van der Waals surface area contributed by atoms with Crippen LogP contribution in [0.15, 0.2) is 30.6 Å². The number of benzene rings is 1. The number of para-hydroxylation sites is 2. The Balaban J connectivity index is 1.75. The number of fused-ring (bicyclic) bond motifs is 1. The Hall–Kier alpha value is -1.88. The van der Waals surface area contributed by atoms with E-state index in [1.165, 1.54) is 7.11 Å². The van der Waals surface area contributed by atoms with Crippen LogP contribution in [0, 0.1) is 0 Å². The summed E-state index contributed by atoms with van der Waals surface area (Å²) in [6, 6.07) is 8.48. The lowest BCUT2D eigenvalue weighted by atomic mass is 9.97. The number of carbonyl (C=O) groups is 1. The maximum Gasteiger partial charge on any atom is 0.325 e. The normalized spacial score (nSPS) is 17.6. The number of aryl methyl sites for hydroxylation is 1. The van der Waals surface area contributed by atoms with Gasteiger partial charge in [0.15, 0.2) is 0 Å². The third kappa shape index (κ3) is 2.93. The van der Waals surface area contributed by atoms with E-state index in [1.54, 1.807) is 0 Å². The van der Waals surface area contributed by atoms with Crippen molar-refractivity contribution in [2.24, 2.45) is 0 Å². The maximum atomic E-state index is 12.1. The molecule has 1 aliphatic carbocycles. The smallest absolute Gasteiger partial charge is 0.325 e. The van der Waals surface area contributed by atoms with Gasteiger partial charge in [0.1, 0.15) is 5.54 Å². The fourth-order valence-corrected chi connectivity index (χ4v) is 2.67. The largest absolute Gasteiger partial charge is 0.468 e. The molecule has 0 bridgehead atoms. The van der Waals surface area contributed by atoms with Gasteiger partial charge in [-0.05, 0) is 38.3 Å². The first-order valence-corrected chi connectivity index (χ1v) is 7.38. The van der Waals surface area contributed by atoms with Crippen LogP contribution in [0.3, 0.4) is 0 Å². The summed E-state index contributed by atoms with van der Waals surface area (Å²) in [6.07, 6.45) is 4.79. The molecule has 1 heterocycles. The molecule has 0 aliphatic heterocycles. The SMILES string of the molecule is COC(=O)C(C)(CCn1cnc2ccccc21)NC1CC1. The zero-order valence-corrected chi connectivity index (χ0v) is 12.5. The van der Waals surface area contributed by atoms with E-state index in [-0.39, 0.29) is 5.97 Å². The molecule has 1 fully saturated rings. The average molecular weight is 287 g/mol. The van der Waals surface area contributed by atoms with Crippen LogP contribution < -0.4 is 5.32 Å². The van der Waals surface area contributed by atoms with Gasteiger partial charge >= 0.3 is 5.97 Å². The van der Waals surface area contributed by atoms with Crippen molar-refractivity contribution in [3.63, 3.8) is 0 Å². The van der Waals surface area contributed by atoms with Gasteiger partial charge in [0, 0.05) is 12.6 Å². The van der Waals surface area contributed by atoms with Crippen molar-refractivity contribution in [3.05, 3.63) is 30.6 Å². The Morgan fingerprint density at radius 3 is 2.95 bits per heavy atom. The van der Waals surface area contributed by atoms with E-state index in [4.69, 9.17) is 4.74 Å². The summed E-state index contributed by atoms with van der Waals surface area (Å²) in [4.78, 5) is 16.5. The van der Waals surface area contributed by atoms with Crippen LogP contribution in [0.4, 0.5) is 0 Å². The number of nitrogens with zero attached hydrogens (tertiary/aromatic N) is 2. The maximum absolute atomic E-state index is 12.1. The molecule has 1 N–H and O–H groups in total. The Kier molecular flexibility index (Phi) is 3.68. The van der Waals surface area contributed by atoms with Crippen LogP contribution in [0.25, 0.3) is 11.0 Å². The molecular formula is C16H21N3O2. The van der Waals surface area contributed by atoms with Gasteiger partial charge in [0.2, 0.25) is 0 Å². The van der Waals surface area contributed by atoms with Crippen molar-refractivity contribution >= 4 is 17.0 Å². The van der Waals surface area contributed by atoms with Crippen LogP contribution in [-0.4, -0.2) is 34.2 Å². The number of methoxy groups -OCH3 is 1. The third-order valence-corrected chi connectivity index (χ3v) is 4.12. The first-order valence-electron chi connectivity index (χ1n) is 7.38. The van der Waals surface area contributed by atoms with E-state index in [0.29, 0.717) is 12.5 Å². The second kappa shape index (κ2) is 5.48. The van der Waals surface area contributed by atoms with Crippen molar-refractivity contribution in [3.8, 4) is 0 Å². The predicted octanol–water partition coefficient (Wildman–Crippen LogP) is 2.11. The van der Waals surface area contributed by atoms with Crippen LogP contribution >= 0.6 is 0 Å². The van der Waals surface area contributed by atoms with Crippen molar-refractivity contribution in [2.75, 3.05) is 7.11 Å². The molecule has 0 amide bonds. The van der Waals surface area contributed by atoms with E-state index >= 15 is 0 Å². The number of hydrogen-bond donors (Lipinski definition) is 1. The number of aromatic nitrogens is 2. The molecule has 3 rings (SSSR count). The van der Waals surface area contributed by atoms with Gasteiger partial charge in [-0.2, -0.15) is 0 Å². The molecule has 0 spiro atoms. The number of carbonyl (C=O) groups excluding carboxylic acids is 1. The molecule has 1 aromatic heterocycles. The minimum absolute atomic E-state index is 0.196. The van der Waals surface area contributed by atoms with Crippen LogP contribution in [0.2, 0.25) is 0 Å². The summed E-state index contributed by atoms with van der Waals surface area (Å²) in [5.41, 5.74) is 1.44. The predicted molar refractivity (Wildman–Crippen MR) is 80.9 cm³/mol. The summed E-state index contributed by atoms with van der Waals surface area (Å²) < 4.78 is 7.06. The van der Waals surface area contributed by atoms with E-state index in [9.17, 15) is 4.79 Å². The Labute approximate surface area is 124 Å². The van der Waals surface area contributed by atoms with Crippen LogP contribution in [0.1, 0.15) is 26.2 Å². The number of nitrogens with one attached hydrogen (secondary N) is 1. The van der Waals surface area contributed by atoms with E-state index in [1.807, 2.05) is 37.5 Å². The molecule has 2 aromatic rings. The second-order valence-electron chi connectivity index (χ2n) is 5.92. The summed E-state index contributed by atoms with van der Waals surface area (Å²) in [5, 5.41) is 3.42.